The van der Waals surface area contributed by atoms with Crippen LogP contribution in [0.2, 0.25) is 5.02 Å². The van der Waals surface area contributed by atoms with Crippen molar-refractivity contribution in [2.24, 2.45) is 23.7 Å². The van der Waals surface area contributed by atoms with Crippen LogP contribution in [0.15, 0.2) is 48.5 Å². The van der Waals surface area contributed by atoms with E-state index in [2.05, 4.69) is 5.32 Å². The molecule has 4 atom stereocenters. The van der Waals surface area contributed by atoms with Crippen molar-refractivity contribution in [1.82, 2.24) is 0 Å². The third kappa shape index (κ3) is 2.65. The van der Waals surface area contributed by atoms with Gasteiger partial charge in [-0.05, 0) is 73.6 Å². The fourth-order valence-corrected chi connectivity index (χ4v) is 5.38. The largest absolute Gasteiger partial charge is 0.322 e. The van der Waals surface area contributed by atoms with Crippen LogP contribution in [0.5, 0.6) is 0 Å². The minimum absolute atomic E-state index is 0.0710. The molecular formula is C22H19ClN2O3. The summed E-state index contributed by atoms with van der Waals surface area (Å²) in [5.41, 5.74) is 1.60. The highest BCUT2D eigenvalue weighted by molar-refractivity contribution is 6.31. The predicted octanol–water partition coefficient (Wildman–Crippen LogP) is 4.13. The third-order valence-electron chi connectivity index (χ3n) is 6.40. The Bertz CT molecular complexity index is 960. The van der Waals surface area contributed by atoms with Gasteiger partial charge >= 0.3 is 0 Å². The Hall–Kier alpha value is -2.66. The van der Waals surface area contributed by atoms with Crippen LogP contribution in [0.1, 0.15) is 29.6 Å². The van der Waals surface area contributed by atoms with E-state index in [9.17, 15) is 14.4 Å². The molecular weight excluding hydrogens is 376 g/mol. The lowest BCUT2D eigenvalue weighted by atomic mass is 9.81. The Balaban J connectivity index is 1.35. The van der Waals surface area contributed by atoms with Crippen molar-refractivity contribution in [3.63, 3.8) is 0 Å². The molecule has 0 radical (unpaired) electrons. The van der Waals surface area contributed by atoms with Gasteiger partial charge in [-0.15, -0.1) is 0 Å². The molecule has 2 saturated carbocycles. The molecule has 6 heteroatoms. The Morgan fingerprint density at radius 3 is 2.21 bits per heavy atom. The number of hydrogen-bond donors (Lipinski definition) is 1. The second kappa shape index (κ2) is 6.45. The van der Waals surface area contributed by atoms with Crippen LogP contribution < -0.4 is 10.2 Å². The molecule has 2 bridgehead atoms. The number of carbonyl (C=O) groups is 3. The molecule has 3 fully saturated rings. The zero-order chi connectivity index (χ0) is 19.4. The van der Waals surface area contributed by atoms with Gasteiger partial charge in [-0.3, -0.25) is 19.3 Å². The first-order valence-electron chi connectivity index (χ1n) is 9.58. The normalized spacial score (nSPS) is 28.0. The molecule has 5 rings (SSSR count). The van der Waals surface area contributed by atoms with Gasteiger partial charge in [-0.1, -0.05) is 17.7 Å². The van der Waals surface area contributed by atoms with E-state index in [0.29, 0.717) is 33.8 Å². The van der Waals surface area contributed by atoms with Gasteiger partial charge in [0.05, 0.1) is 17.5 Å². The van der Waals surface area contributed by atoms with Crippen LogP contribution in [-0.2, 0) is 9.59 Å². The molecule has 3 aliphatic rings. The fourth-order valence-electron chi connectivity index (χ4n) is 5.19. The number of anilines is 2. The zero-order valence-electron chi connectivity index (χ0n) is 15.1. The Labute approximate surface area is 167 Å². The molecule has 0 aromatic heterocycles. The van der Waals surface area contributed by atoms with Crippen LogP contribution in [-0.4, -0.2) is 17.7 Å². The monoisotopic (exact) mass is 394 g/mol. The molecule has 3 amide bonds. The SMILES string of the molecule is O=C(Nc1cccc(Cl)c1)c1ccc(N2C(=O)[C@H]3[C@@H]4CC[C@H](C4)[C@@H]3C2=O)cc1. The van der Waals surface area contributed by atoms with Crippen LogP contribution in [0.25, 0.3) is 0 Å². The van der Waals surface area contributed by atoms with Crippen molar-refractivity contribution in [2.45, 2.75) is 19.3 Å². The number of nitrogens with one attached hydrogen (secondary N) is 1. The van der Waals surface area contributed by atoms with E-state index in [1.807, 2.05) is 0 Å². The number of halogens is 1. The molecule has 0 spiro atoms. The lowest BCUT2D eigenvalue weighted by Crippen LogP contribution is -2.32. The van der Waals surface area contributed by atoms with Gasteiger partial charge in [0.25, 0.3) is 5.91 Å². The van der Waals surface area contributed by atoms with Crippen LogP contribution in [0.3, 0.4) is 0 Å². The second-order valence-electron chi connectivity index (χ2n) is 7.91. The van der Waals surface area contributed by atoms with Gasteiger partial charge in [-0.2, -0.15) is 0 Å². The van der Waals surface area contributed by atoms with Crippen LogP contribution >= 0.6 is 11.6 Å². The zero-order valence-corrected chi connectivity index (χ0v) is 15.9. The quantitative estimate of drug-likeness (QED) is 0.796. The van der Waals surface area contributed by atoms with Gasteiger partial charge in [0.2, 0.25) is 11.8 Å². The van der Waals surface area contributed by atoms with Crippen molar-refractivity contribution >= 4 is 40.7 Å². The van der Waals surface area contributed by atoms with E-state index in [1.165, 1.54) is 4.90 Å². The highest BCUT2D eigenvalue weighted by atomic mass is 35.5. The molecule has 0 unspecified atom stereocenters. The van der Waals surface area contributed by atoms with Gasteiger partial charge < -0.3 is 5.32 Å². The molecule has 2 aromatic carbocycles. The van der Waals surface area contributed by atoms with Crippen molar-refractivity contribution in [2.75, 3.05) is 10.2 Å². The Morgan fingerprint density at radius 1 is 0.964 bits per heavy atom. The lowest BCUT2D eigenvalue weighted by Gasteiger charge is -2.19. The molecule has 2 aliphatic carbocycles. The van der Waals surface area contributed by atoms with Crippen molar-refractivity contribution in [3.05, 3.63) is 59.1 Å². The minimum atomic E-state index is -0.275. The summed E-state index contributed by atoms with van der Waals surface area (Å²) in [5.74, 6) is 0.0203. The number of carbonyl (C=O) groups excluding carboxylic acids is 3. The number of rotatable bonds is 3. The molecule has 142 valence electrons. The number of amides is 3. The topological polar surface area (TPSA) is 66.5 Å². The summed E-state index contributed by atoms with van der Waals surface area (Å²) >= 11 is 5.94. The molecule has 1 saturated heterocycles. The minimum Gasteiger partial charge on any atom is -0.322 e. The molecule has 1 N–H and O–H groups in total. The maximum atomic E-state index is 12.9. The maximum Gasteiger partial charge on any atom is 0.255 e. The standard InChI is InChI=1S/C22H19ClN2O3/c23-15-2-1-3-16(11-15)24-20(26)12-6-8-17(9-7-12)25-21(27)18-13-4-5-14(10-13)19(18)22(25)28/h1-3,6-9,11,13-14,18-19H,4-5,10H2,(H,24,26)/t13-,14-,18+,19+/m1/s1. The summed E-state index contributed by atoms with van der Waals surface area (Å²) in [7, 11) is 0. The molecule has 5 nitrogen and oxygen atoms in total. The molecule has 28 heavy (non-hydrogen) atoms. The number of nitrogens with zero attached hydrogens (tertiary/aromatic N) is 1. The summed E-state index contributed by atoms with van der Waals surface area (Å²) in [4.78, 5) is 39.6. The summed E-state index contributed by atoms with van der Waals surface area (Å²) in [6.07, 6.45) is 3.13. The van der Waals surface area contributed by atoms with Gasteiger partial charge in [-0.25, -0.2) is 0 Å². The van der Waals surface area contributed by atoms with E-state index in [4.69, 9.17) is 11.6 Å². The van der Waals surface area contributed by atoms with Gasteiger partial charge in [0, 0.05) is 16.3 Å². The number of fused-ring (bicyclic) bond motifs is 5. The Morgan fingerprint density at radius 2 is 1.61 bits per heavy atom. The van der Waals surface area contributed by atoms with Crippen molar-refractivity contribution in [1.29, 1.82) is 0 Å². The van der Waals surface area contributed by atoms with Gasteiger partial charge in [0.15, 0.2) is 0 Å². The fraction of sp³-hybridized carbons (Fsp3) is 0.318. The first kappa shape index (κ1) is 17.4. The lowest BCUT2D eigenvalue weighted by molar-refractivity contribution is -0.123. The summed E-state index contributed by atoms with van der Waals surface area (Å²) in [6, 6.07) is 13.5. The second-order valence-corrected chi connectivity index (χ2v) is 8.34. The first-order valence-corrected chi connectivity index (χ1v) is 9.95. The van der Waals surface area contributed by atoms with Crippen molar-refractivity contribution < 1.29 is 14.4 Å². The summed E-state index contributed by atoms with van der Waals surface area (Å²) in [5, 5.41) is 3.33. The predicted molar refractivity (Wildman–Crippen MR) is 106 cm³/mol. The third-order valence-corrected chi connectivity index (χ3v) is 6.63. The molecule has 1 heterocycles. The number of benzene rings is 2. The average Bonchev–Trinajstić information content (AvgIpc) is 3.36. The van der Waals surface area contributed by atoms with E-state index in [-0.39, 0.29) is 29.6 Å². The van der Waals surface area contributed by atoms with Gasteiger partial charge in [0.1, 0.15) is 0 Å². The van der Waals surface area contributed by atoms with E-state index >= 15 is 0 Å². The highest BCUT2D eigenvalue weighted by Gasteiger charge is 2.61. The van der Waals surface area contributed by atoms with Crippen LogP contribution in [0, 0.1) is 23.7 Å². The van der Waals surface area contributed by atoms with Crippen LogP contribution in [0.4, 0.5) is 11.4 Å². The maximum absolute atomic E-state index is 12.9. The molecule has 2 aromatic rings. The Kier molecular flexibility index (Phi) is 4.02. The van der Waals surface area contributed by atoms with Crippen molar-refractivity contribution in [3.8, 4) is 0 Å². The molecule has 1 aliphatic heterocycles. The smallest absolute Gasteiger partial charge is 0.255 e. The summed E-state index contributed by atoms with van der Waals surface area (Å²) < 4.78 is 0. The van der Waals surface area contributed by atoms with E-state index in [1.54, 1.807) is 48.5 Å². The number of hydrogen-bond acceptors (Lipinski definition) is 3. The highest BCUT2D eigenvalue weighted by Crippen LogP contribution is 2.56. The first-order chi connectivity index (χ1) is 13.5. The van der Waals surface area contributed by atoms with E-state index in [0.717, 1.165) is 19.3 Å². The number of imide groups is 1. The summed E-state index contributed by atoms with van der Waals surface area (Å²) in [6.45, 7) is 0. The average molecular weight is 395 g/mol. The van der Waals surface area contributed by atoms with E-state index < -0.39 is 0 Å².